The van der Waals surface area contributed by atoms with Gasteiger partial charge in [-0.25, -0.2) is 0 Å². The predicted octanol–water partition coefficient (Wildman–Crippen LogP) is 2.05. The van der Waals surface area contributed by atoms with E-state index in [9.17, 15) is 0 Å². The van der Waals surface area contributed by atoms with Gasteiger partial charge in [-0.1, -0.05) is 13.8 Å². The summed E-state index contributed by atoms with van der Waals surface area (Å²) in [6, 6.07) is 0. The molecule has 2 aliphatic heterocycles. The van der Waals surface area contributed by atoms with Crippen LogP contribution in [-0.2, 0) is 4.74 Å². The Hall–Kier alpha value is -0.160. The van der Waals surface area contributed by atoms with Crippen molar-refractivity contribution in [1.82, 2.24) is 15.1 Å². The normalized spacial score (nSPS) is 31.2. The molecule has 0 aromatic heterocycles. The molecule has 4 heteroatoms. The maximum absolute atomic E-state index is 5.38. The second-order valence-corrected chi connectivity index (χ2v) is 6.99. The maximum Gasteiger partial charge on any atom is 0.0577 e. The van der Waals surface area contributed by atoms with Crippen LogP contribution in [0.2, 0.25) is 0 Å². The third kappa shape index (κ3) is 5.48. The number of nitrogens with one attached hydrogen (secondary N) is 1. The Balaban J connectivity index is 0.000000847. The van der Waals surface area contributed by atoms with E-state index in [0.29, 0.717) is 6.10 Å². The Kier molecular flexibility index (Phi) is 8.15. The van der Waals surface area contributed by atoms with E-state index in [2.05, 4.69) is 15.1 Å². The monoisotopic (exact) mass is 311 g/mol. The van der Waals surface area contributed by atoms with E-state index in [1.807, 2.05) is 21.0 Å². The van der Waals surface area contributed by atoms with Gasteiger partial charge in [0.25, 0.3) is 0 Å². The predicted molar refractivity (Wildman–Crippen MR) is 93.3 cm³/mol. The van der Waals surface area contributed by atoms with Gasteiger partial charge < -0.3 is 19.9 Å². The minimum Gasteiger partial charge on any atom is -0.381 e. The molecule has 4 nitrogen and oxygen atoms in total. The summed E-state index contributed by atoms with van der Waals surface area (Å²) < 4.78 is 5.38. The summed E-state index contributed by atoms with van der Waals surface area (Å²) >= 11 is 0. The quantitative estimate of drug-likeness (QED) is 0.841. The molecule has 3 fully saturated rings. The van der Waals surface area contributed by atoms with Gasteiger partial charge in [0.15, 0.2) is 0 Å². The number of rotatable bonds is 5. The van der Waals surface area contributed by atoms with Crippen molar-refractivity contribution in [3.63, 3.8) is 0 Å². The van der Waals surface area contributed by atoms with E-state index < -0.39 is 0 Å². The zero-order valence-corrected chi connectivity index (χ0v) is 15.0. The summed E-state index contributed by atoms with van der Waals surface area (Å²) in [7, 11) is 1.85. The van der Waals surface area contributed by atoms with Gasteiger partial charge in [0, 0.05) is 46.4 Å². The lowest BCUT2D eigenvalue weighted by Crippen LogP contribution is -2.51. The van der Waals surface area contributed by atoms with E-state index in [1.165, 1.54) is 78.0 Å². The molecule has 0 aromatic rings. The molecule has 0 radical (unpaired) electrons. The molecule has 2 heterocycles. The first-order chi connectivity index (χ1) is 10.8. The first-order valence-electron chi connectivity index (χ1n) is 9.51. The lowest BCUT2D eigenvalue weighted by atomic mass is 9.82. The Morgan fingerprint density at radius 2 is 1.36 bits per heavy atom. The van der Waals surface area contributed by atoms with Gasteiger partial charge in [0.2, 0.25) is 0 Å². The maximum atomic E-state index is 5.38. The number of methoxy groups -OCH3 is 1. The van der Waals surface area contributed by atoms with E-state index in [0.717, 1.165) is 11.8 Å². The molecule has 22 heavy (non-hydrogen) atoms. The average molecular weight is 312 g/mol. The molecule has 0 atom stereocenters. The van der Waals surface area contributed by atoms with Crippen LogP contribution in [0.15, 0.2) is 0 Å². The Bertz CT molecular complexity index is 280. The van der Waals surface area contributed by atoms with Crippen LogP contribution >= 0.6 is 0 Å². The molecule has 0 aromatic carbocycles. The Morgan fingerprint density at radius 1 is 0.864 bits per heavy atom. The molecule has 130 valence electrons. The zero-order chi connectivity index (χ0) is 15.8. The first-order valence-corrected chi connectivity index (χ1v) is 9.51. The number of piperidine rings is 1. The molecule has 2 saturated heterocycles. The third-order valence-electron chi connectivity index (χ3n) is 5.48. The van der Waals surface area contributed by atoms with Crippen LogP contribution < -0.4 is 5.32 Å². The largest absolute Gasteiger partial charge is 0.381 e. The lowest BCUT2D eigenvalue weighted by Gasteiger charge is -2.41. The van der Waals surface area contributed by atoms with E-state index in [4.69, 9.17) is 4.74 Å². The summed E-state index contributed by atoms with van der Waals surface area (Å²) in [5, 5.41) is 3.46. The van der Waals surface area contributed by atoms with Crippen molar-refractivity contribution in [2.24, 2.45) is 11.8 Å². The standard InChI is InChI=1S/C16H31N3O.C2H6/c1-20-16-10-15(11-16)13-19-8-6-18(7-9-19)12-14-2-4-17-5-3-14;1-2/h14-17H,2-13H2,1H3;1-2H3. The molecule has 1 saturated carbocycles. The average Bonchev–Trinajstić information content (AvgIpc) is 2.55. The highest BCUT2D eigenvalue weighted by molar-refractivity contribution is 4.84. The minimum atomic E-state index is 0.557. The fourth-order valence-electron chi connectivity index (χ4n) is 3.97. The molecular formula is C18H37N3O. The topological polar surface area (TPSA) is 27.7 Å². The van der Waals surface area contributed by atoms with E-state index >= 15 is 0 Å². The van der Waals surface area contributed by atoms with Gasteiger partial charge in [-0.15, -0.1) is 0 Å². The van der Waals surface area contributed by atoms with Gasteiger partial charge in [-0.3, -0.25) is 0 Å². The van der Waals surface area contributed by atoms with E-state index in [1.54, 1.807) is 0 Å². The molecular weight excluding hydrogens is 274 g/mol. The van der Waals surface area contributed by atoms with Crippen molar-refractivity contribution in [2.75, 3.05) is 59.5 Å². The van der Waals surface area contributed by atoms with Crippen LogP contribution in [0, 0.1) is 11.8 Å². The highest BCUT2D eigenvalue weighted by Crippen LogP contribution is 2.30. The fourth-order valence-corrected chi connectivity index (χ4v) is 3.97. The van der Waals surface area contributed by atoms with Crippen LogP contribution in [0.3, 0.4) is 0 Å². The molecule has 1 N–H and O–H groups in total. The molecule has 0 spiro atoms. The second kappa shape index (κ2) is 9.86. The Morgan fingerprint density at radius 3 is 1.86 bits per heavy atom. The Labute approximate surface area is 137 Å². The molecule has 3 rings (SSSR count). The molecule has 0 amide bonds. The third-order valence-corrected chi connectivity index (χ3v) is 5.48. The molecule has 0 bridgehead atoms. The van der Waals surface area contributed by atoms with Crippen LogP contribution in [0.5, 0.6) is 0 Å². The lowest BCUT2D eigenvalue weighted by molar-refractivity contribution is -0.0166. The van der Waals surface area contributed by atoms with Crippen LogP contribution in [0.4, 0.5) is 0 Å². The van der Waals surface area contributed by atoms with Crippen LogP contribution in [0.1, 0.15) is 39.5 Å². The van der Waals surface area contributed by atoms with Crippen molar-refractivity contribution in [2.45, 2.75) is 45.6 Å². The zero-order valence-electron chi connectivity index (χ0n) is 15.0. The summed E-state index contributed by atoms with van der Waals surface area (Å²) in [5.41, 5.74) is 0. The second-order valence-electron chi connectivity index (χ2n) is 6.99. The highest BCUT2D eigenvalue weighted by Gasteiger charge is 2.31. The minimum absolute atomic E-state index is 0.557. The number of hydrogen-bond donors (Lipinski definition) is 1. The summed E-state index contributed by atoms with van der Waals surface area (Å²) in [5.74, 6) is 1.84. The van der Waals surface area contributed by atoms with Crippen molar-refractivity contribution < 1.29 is 4.74 Å². The summed E-state index contributed by atoms with van der Waals surface area (Å²) in [6.07, 6.45) is 5.88. The number of ether oxygens (including phenoxy) is 1. The highest BCUT2D eigenvalue weighted by atomic mass is 16.5. The number of hydrogen-bond acceptors (Lipinski definition) is 4. The first kappa shape index (κ1) is 18.2. The fraction of sp³-hybridized carbons (Fsp3) is 1.00. The van der Waals surface area contributed by atoms with Crippen molar-refractivity contribution in [1.29, 1.82) is 0 Å². The van der Waals surface area contributed by atoms with Crippen molar-refractivity contribution >= 4 is 0 Å². The number of piperazine rings is 1. The van der Waals surface area contributed by atoms with Gasteiger partial charge in [-0.05, 0) is 50.6 Å². The van der Waals surface area contributed by atoms with Gasteiger partial charge >= 0.3 is 0 Å². The summed E-state index contributed by atoms with van der Waals surface area (Å²) in [6.45, 7) is 14.2. The molecule has 0 unspecified atom stereocenters. The van der Waals surface area contributed by atoms with Gasteiger partial charge in [0.1, 0.15) is 0 Å². The SMILES string of the molecule is CC.COC1CC(CN2CCN(CC3CCNCC3)CC2)C1. The van der Waals surface area contributed by atoms with Gasteiger partial charge in [-0.2, -0.15) is 0 Å². The van der Waals surface area contributed by atoms with Gasteiger partial charge in [0.05, 0.1) is 6.10 Å². The van der Waals surface area contributed by atoms with Crippen LogP contribution in [0.25, 0.3) is 0 Å². The van der Waals surface area contributed by atoms with Crippen molar-refractivity contribution in [3.05, 3.63) is 0 Å². The van der Waals surface area contributed by atoms with Crippen LogP contribution in [-0.4, -0.2) is 75.4 Å². The molecule has 3 aliphatic rings. The van der Waals surface area contributed by atoms with Crippen molar-refractivity contribution in [3.8, 4) is 0 Å². The summed E-state index contributed by atoms with van der Waals surface area (Å²) in [4.78, 5) is 5.38. The molecule has 1 aliphatic carbocycles. The smallest absolute Gasteiger partial charge is 0.0577 e. The van der Waals surface area contributed by atoms with E-state index in [-0.39, 0.29) is 0 Å². The number of nitrogens with zero attached hydrogens (tertiary/aromatic N) is 2.